The molecule has 1 unspecified atom stereocenters. The van der Waals surface area contributed by atoms with E-state index in [1.807, 2.05) is 11.3 Å². The Labute approximate surface area is 114 Å². The number of hydrogen-bond acceptors (Lipinski definition) is 2. The molecule has 2 aromatic rings. The molecule has 2 aromatic heterocycles. The van der Waals surface area contributed by atoms with Crippen LogP contribution in [0.1, 0.15) is 15.3 Å². The van der Waals surface area contributed by atoms with Gasteiger partial charge in [-0.3, -0.25) is 0 Å². The maximum atomic E-state index is 3.73. The first-order chi connectivity index (χ1) is 6.75. The highest BCUT2D eigenvalue weighted by Crippen LogP contribution is 2.32. The summed E-state index contributed by atoms with van der Waals surface area (Å²) in [5.41, 5.74) is 1.40. The summed E-state index contributed by atoms with van der Waals surface area (Å²) in [6, 6.07) is 6.55. The van der Waals surface area contributed by atoms with Gasteiger partial charge in [-0.05, 0) is 57.5 Å². The van der Waals surface area contributed by atoms with Crippen LogP contribution in [-0.2, 0) is 6.42 Å². The first-order valence-electron chi connectivity index (χ1n) is 4.16. The van der Waals surface area contributed by atoms with Crippen molar-refractivity contribution < 1.29 is 0 Å². The molecular weight excluding hydrogens is 391 g/mol. The molecule has 2 heterocycles. The quantitative estimate of drug-likeness (QED) is 0.498. The lowest BCUT2D eigenvalue weighted by atomic mass is 10.2. The molecule has 0 aliphatic carbocycles. The van der Waals surface area contributed by atoms with Crippen molar-refractivity contribution >= 4 is 61.2 Å². The Bertz CT molecular complexity index is 394. The van der Waals surface area contributed by atoms with E-state index in [1.54, 1.807) is 11.3 Å². The molecule has 0 saturated carbocycles. The summed E-state index contributed by atoms with van der Waals surface area (Å²) < 4.78 is 1.35. The molecule has 2 rings (SSSR count). The van der Waals surface area contributed by atoms with E-state index in [4.69, 9.17) is 0 Å². The summed E-state index contributed by atoms with van der Waals surface area (Å²) >= 11 is 9.72. The van der Waals surface area contributed by atoms with Crippen LogP contribution in [0.3, 0.4) is 0 Å². The van der Waals surface area contributed by atoms with Gasteiger partial charge >= 0.3 is 0 Å². The molecule has 0 N–H and O–H groups in total. The van der Waals surface area contributed by atoms with Crippen molar-refractivity contribution in [3.63, 3.8) is 0 Å². The van der Waals surface area contributed by atoms with E-state index in [0.717, 1.165) is 6.42 Å². The molecule has 0 radical (unpaired) electrons. The van der Waals surface area contributed by atoms with Crippen molar-refractivity contribution in [3.05, 3.63) is 42.3 Å². The average molecular weight is 399 g/mol. The third-order valence-electron chi connectivity index (χ3n) is 1.91. The number of thiophene rings is 2. The van der Waals surface area contributed by atoms with Crippen LogP contribution in [0.2, 0.25) is 0 Å². The molecule has 0 nitrogen and oxygen atoms in total. The minimum atomic E-state index is 0.459. The second-order valence-corrected chi connectivity index (χ2v) is 7.88. The van der Waals surface area contributed by atoms with Gasteiger partial charge in [-0.2, -0.15) is 0 Å². The molecule has 4 heteroatoms. The largest absolute Gasteiger partial charge is 0.149 e. The van der Waals surface area contributed by atoms with E-state index in [1.165, 1.54) is 13.3 Å². The molecule has 1 atom stereocenters. The second kappa shape index (κ2) is 5.09. The van der Waals surface area contributed by atoms with Crippen LogP contribution in [0.4, 0.5) is 0 Å². The van der Waals surface area contributed by atoms with Gasteiger partial charge in [-0.25, -0.2) is 0 Å². The van der Waals surface area contributed by atoms with Crippen LogP contribution in [0.25, 0.3) is 0 Å². The molecule has 0 saturated heterocycles. The normalized spacial score (nSPS) is 13.0. The zero-order valence-electron chi connectivity index (χ0n) is 7.24. The summed E-state index contributed by atoms with van der Waals surface area (Å²) in [6.07, 6.45) is 1.09. The molecule has 14 heavy (non-hydrogen) atoms. The van der Waals surface area contributed by atoms with Gasteiger partial charge in [-0.15, -0.1) is 22.7 Å². The van der Waals surface area contributed by atoms with Gasteiger partial charge in [0.15, 0.2) is 0 Å². The van der Waals surface area contributed by atoms with Crippen LogP contribution in [-0.4, -0.2) is 0 Å². The van der Waals surface area contributed by atoms with Crippen molar-refractivity contribution in [1.29, 1.82) is 0 Å². The van der Waals surface area contributed by atoms with Crippen molar-refractivity contribution in [2.24, 2.45) is 0 Å². The number of hydrogen-bond donors (Lipinski definition) is 0. The maximum absolute atomic E-state index is 3.73. The van der Waals surface area contributed by atoms with Gasteiger partial charge in [0.05, 0.1) is 2.88 Å². The summed E-state index contributed by atoms with van der Waals surface area (Å²) in [6.45, 7) is 0. The van der Waals surface area contributed by atoms with Crippen molar-refractivity contribution in [2.45, 2.75) is 11.2 Å². The predicted octanol–water partition coefficient (Wildman–Crippen LogP) is 5.09. The van der Waals surface area contributed by atoms with Gasteiger partial charge in [0, 0.05) is 9.70 Å². The van der Waals surface area contributed by atoms with Crippen molar-refractivity contribution in [3.8, 4) is 0 Å². The topological polar surface area (TPSA) is 0 Å². The highest BCUT2D eigenvalue weighted by molar-refractivity contribution is 14.1. The van der Waals surface area contributed by atoms with E-state index in [-0.39, 0.29) is 0 Å². The van der Waals surface area contributed by atoms with Crippen LogP contribution < -0.4 is 0 Å². The molecule has 74 valence electrons. The molecular formula is C10H8BrIS2. The van der Waals surface area contributed by atoms with E-state index in [0.29, 0.717) is 4.83 Å². The van der Waals surface area contributed by atoms with Gasteiger partial charge in [0.25, 0.3) is 0 Å². The molecule has 0 amide bonds. The molecule has 0 fully saturated rings. The van der Waals surface area contributed by atoms with Gasteiger partial charge < -0.3 is 0 Å². The minimum Gasteiger partial charge on any atom is -0.149 e. The fourth-order valence-electron chi connectivity index (χ4n) is 1.21. The fraction of sp³-hybridized carbons (Fsp3) is 0.200. The second-order valence-electron chi connectivity index (χ2n) is 2.94. The van der Waals surface area contributed by atoms with Gasteiger partial charge in [0.1, 0.15) is 0 Å². The Morgan fingerprint density at radius 2 is 2.29 bits per heavy atom. The van der Waals surface area contributed by atoms with Crippen LogP contribution in [0.5, 0.6) is 0 Å². The Morgan fingerprint density at radius 1 is 1.43 bits per heavy atom. The Kier molecular flexibility index (Phi) is 4.04. The molecule has 0 aliphatic rings. The zero-order valence-corrected chi connectivity index (χ0v) is 12.6. The SMILES string of the molecule is BrC(Cc1cccs1)c1csc(I)c1. The van der Waals surface area contributed by atoms with E-state index >= 15 is 0 Å². The molecule has 0 aromatic carbocycles. The third kappa shape index (κ3) is 2.81. The predicted molar refractivity (Wildman–Crippen MR) is 76.7 cm³/mol. The van der Waals surface area contributed by atoms with E-state index in [2.05, 4.69) is 67.5 Å². The third-order valence-corrected chi connectivity index (χ3v) is 5.47. The Balaban J connectivity index is 2.06. The zero-order chi connectivity index (χ0) is 9.97. The molecule has 0 bridgehead atoms. The van der Waals surface area contributed by atoms with Gasteiger partial charge in [-0.1, -0.05) is 22.0 Å². The standard InChI is InChI=1S/C10H8BrIS2/c11-9(5-8-2-1-3-13-8)7-4-10(12)14-6-7/h1-4,6,9H,5H2. The first-order valence-corrected chi connectivity index (χ1v) is 7.91. The van der Waals surface area contributed by atoms with Crippen LogP contribution in [0, 0.1) is 2.88 Å². The molecule has 0 spiro atoms. The maximum Gasteiger partial charge on any atom is 0.0656 e. The lowest BCUT2D eigenvalue weighted by molar-refractivity contribution is 0.975. The highest BCUT2D eigenvalue weighted by atomic mass is 127. The van der Waals surface area contributed by atoms with Crippen LogP contribution >= 0.6 is 61.2 Å². The Hall–Kier alpha value is 0.610. The lowest BCUT2D eigenvalue weighted by Gasteiger charge is -2.05. The summed E-state index contributed by atoms with van der Waals surface area (Å²) in [5, 5.41) is 4.36. The molecule has 0 aliphatic heterocycles. The lowest BCUT2D eigenvalue weighted by Crippen LogP contribution is -1.90. The van der Waals surface area contributed by atoms with E-state index < -0.39 is 0 Å². The highest BCUT2D eigenvalue weighted by Gasteiger charge is 2.10. The van der Waals surface area contributed by atoms with Crippen molar-refractivity contribution in [2.75, 3.05) is 0 Å². The summed E-state index contributed by atoms with van der Waals surface area (Å²) in [4.78, 5) is 1.90. The number of rotatable bonds is 3. The average Bonchev–Trinajstić information content (AvgIpc) is 2.75. The monoisotopic (exact) mass is 398 g/mol. The van der Waals surface area contributed by atoms with Gasteiger partial charge in [0.2, 0.25) is 0 Å². The van der Waals surface area contributed by atoms with Crippen LogP contribution in [0.15, 0.2) is 29.0 Å². The van der Waals surface area contributed by atoms with Crippen molar-refractivity contribution in [1.82, 2.24) is 0 Å². The Morgan fingerprint density at radius 3 is 2.86 bits per heavy atom. The fourth-order valence-corrected chi connectivity index (χ4v) is 4.39. The number of alkyl halides is 1. The summed E-state index contributed by atoms with van der Waals surface area (Å²) in [7, 11) is 0. The van der Waals surface area contributed by atoms with E-state index in [9.17, 15) is 0 Å². The smallest absolute Gasteiger partial charge is 0.0656 e. The minimum absolute atomic E-state index is 0.459. The number of halogens is 2. The summed E-state index contributed by atoms with van der Waals surface area (Å²) in [5.74, 6) is 0. The first kappa shape index (κ1) is 11.1.